The highest BCUT2D eigenvalue weighted by Gasteiger charge is 2.32. The van der Waals surface area contributed by atoms with Crippen LogP contribution >= 0.6 is 0 Å². The topological polar surface area (TPSA) is 52.5 Å². The minimum Gasteiger partial charge on any atom is -0.379 e. The van der Waals surface area contributed by atoms with E-state index in [0.29, 0.717) is 0 Å². The first-order chi connectivity index (χ1) is 8.16. The van der Waals surface area contributed by atoms with Gasteiger partial charge < -0.3 is 10.2 Å². The van der Waals surface area contributed by atoms with Crippen LogP contribution in [0.15, 0.2) is 0 Å². The third-order valence-electron chi connectivity index (χ3n) is 3.70. The summed E-state index contributed by atoms with van der Waals surface area (Å²) in [6.07, 6.45) is 11.3. The Labute approximate surface area is 106 Å². The molecule has 0 bridgehead atoms. The summed E-state index contributed by atoms with van der Waals surface area (Å²) >= 11 is 0. The summed E-state index contributed by atoms with van der Waals surface area (Å²) in [7, 11) is 0. The van der Waals surface area contributed by atoms with E-state index in [1.807, 2.05) is 0 Å². The van der Waals surface area contributed by atoms with Gasteiger partial charge in [-0.3, -0.25) is 5.32 Å². The fourth-order valence-electron chi connectivity index (χ4n) is 2.60. The lowest BCUT2D eigenvalue weighted by Gasteiger charge is -2.27. The van der Waals surface area contributed by atoms with Gasteiger partial charge in [-0.15, -0.1) is 0 Å². The second-order valence-electron chi connectivity index (χ2n) is 5.46. The van der Waals surface area contributed by atoms with E-state index in [1.54, 1.807) is 0 Å². The van der Waals surface area contributed by atoms with Gasteiger partial charge in [0, 0.05) is 0 Å². The van der Waals surface area contributed by atoms with Gasteiger partial charge in [0.05, 0.1) is 0 Å². The molecule has 0 radical (unpaired) electrons. The lowest BCUT2D eigenvalue weighted by atomic mass is 10.1. The van der Waals surface area contributed by atoms with Crippen LogP contribution in [0, 0.1) is 0 Å². The van der Waals surface area contributed by atoms with Gasteiger partial charge in [0.25, 0.3) is 0 Å². The number of aliphatic hydroxyl groups is 2. The molecule has 0 aliphatic heterocycles. The maximum Gasteiger partial charge on any atom is 0.117 e. The Bertz CT molecular complexity index is 191. The zero-order valence-corrected chi connectivity index (χ0v) is 11.2. The van der Waals surface area contributed by atoms with E-state index in [1.165, 1.54) is 32.1 Å². The minimum absolute atomic E-state index is 0.538. The van der Waals surface area contributed by atoms with Gasteiger partial charge >= 0.3 is 0 Å². The van der Waals surface area contributed by atoms with Crippen molar-refractivity contribution in [2.45, 2.75) is 89.5 Å². The lowest BCUT2D eigenvalue weighted by molar-refractivity contribution is -0.0441. The van der Waals surface area contributed by atoms with Crippen LogP contribution in [0.1, 0.15) is 77.6 Å². The molecule has 0 spiro atoms. The largest absolute Gasteiger partial charge is 0.379 e. The molecule has 1 rings (SSSR count). The van der Waals surface area contributed by atoms with Crippen LogP contribution in [0.5, 0.6) is 0 Å². The smallest absolute Gasteiger partial charge is 0.117 e. The molecule has 1 fully saturated rings. The molecule has 0 saturated heterocycles. The second kappa shape index (κ2) is 8.06. The molecule has 1 saturated carbocycles. The molecule has 17 heavy (non-hydrogen) atoms. The van der Waals surface area contributed by atoms with Gasteiger partial charge in [0.15, 0.2) is 0 Å². The monoisotopic (exact) mass is 243 g/mol. The molecule has 1 unspecified atom stereocenters. The van der Waals surface area contributed by atoms with Crippen LogP contribution in [0.3, 0.4) is 0 Å². The van der Waals surface area contributed by atoms with E-state index < -0.39 is 12.0 Å². The third kappa shape index (κ3) is 6.39. The molecule has 3 N–H and O–H groups in total. The van der Waals surface area contributed by atoms with Gasteiger partial charge in [-0.25, -0.2) is 0 Å². The Kier molecular flexibility index (Phi) is 7.09. The molecule has 102 valence electrons. The molecule has 1 aliphatic rings. The van der Waals surface area contributed by atoms with Crippen molar-refractivity contribution in [1.29, 1.82) is 0 Å². The van der Waals surface area contributed by atoms with Crippen molar-refractivity contribution in [2.24, 2.45) is 0 Å². The van der Waals surface area contributed by atoms with Crippen LogP contribution in [-0.4, -0.2) is 22.2 Å². The maximum absolute atomic E-state index is 10.1. The van der Waals surface area contributed by atoms with E-state index in [2.05, 4.69) is 12.2 Å². The summed E-state index contributed by atoms with van der Waals surface area (Å²) in [5, 5.41) is 22.8. The Morgan fingerprint density at radius 3 is 2.29 bits per heavy atom. The maximum atomic E-state index is 10.1. The SMILES string of the molecule is CCCCCCCCC(O)NC1(O)CCCC1. The van der Waals surface area contributed by atoms with Crippen LogP contribution < -0.4 is 5.32 Å². The number of hydrogen-bond acceptors (Lipinski definition) is 3. The van der Waals surface area contributed by atoms with E-state index >= 15 is 0 Å². The molecule has 0 heterocycles. The van der Waals surface area contributed by atoms with Gasteiger partial charge in [0.1, 0.15) is 12.0 Å². The highest BCUT2D eigenvalue weighted by molar-refractivity contribution is 4.82. The van der Waals surface area contributed by atoms with Crippen molar-refractivity contribution in [3.8, 4) is 0 Å². The zero-order chi connectivity index (χ0) is 12.6. The van der Waals surface area contributed by atoms with Crippen LogP contribution in [0.25, 0.3) is 0 Å². The Morgan fingerprint density at radius 1 is 1.06 bits per heavy atom. The standard InChI is InChI=1S/C14H29NO2/c1-2-3-4-5-6-7-10-13(16)15-14(17)11-8-9-12-14/h13,15-17H,2-12H2,1H3. The van der Waals surface area contributed by atoms with Crippen molar-refractivity contribution < 1.29 is 10.2 Å². The highest BCUT2D eigenvalue weighted by atomic mass is 16.3. The molecule has 0 amide bonds. The van der Waals surface area contributed by atoms with Gasteiger partial charge in [-0.1, -0.05) is 39.0 Å². The fraction of sp³-hybridized carbons (Fsp3) is 1.00. The quantitative estimate of drug-likeness (QED) is 0.431. The van der Waals surface area contributed by atoms with Crippen LogP contribution in [0.2, 0.25) is 0 Å². The lowest BCUT2D eigenvalue weighted by Crippen LogP contribution is -2.48. The van der Waals surface area contributed by atoms with Gasteiger partial charge in [-0.05, 0) is 38.5 Å². The molecular weight excluding hydrogens is 214 g/mol. The Hall–Kier alpha value is -0.120. The summed E-state index contributed by atoms with van der Waals surface area (Å²) in [5.41, 5.74) is -0.790. The van der Waals surface area contributed by atoms with Crippen LogP contribution in [-0.2, 0) is 0 Å². The number of aliphatic hydroxyl groups excluding tert-OH is 1. The number of hydrogen-bond donors (Lipinski definition) is 3. The summed E-state index contributed by atoms with van der Waals surface area (Å²) in [6.45, 7) is 2.22. The van der Waals surface area contributed by atoms with Crippen molar-refractivity contribution in [3.05, 3.63) is 0 Å². The number of rotatable bonds is 9. The first-order valence-electron chi connectivity index (χ1n) is 7.34. The van der Waals surface area contributed by atoms with Crippen LogP contribution in [0.4, 0.5) is 0 Å². The average molecular weight is 243 g/mol. The number of unbranched alkanes of at least 4 members (excludes halogenated alkanes) is 5. The normalized spacial score (nSPS) is 20.6. The van der Waals surface area contributed by atoms with E-state index in [0.717, 1.165) is 38.5 Å². The van der Waals surface area contributed by atoms with Crippen molar-refractivity contribution >= 4 is 0 Å². The molecule has 0 aromatic carbocycles. The molecular formula is C14H29NO2. The first kappa shape index (κ1) is 14.9. The molecule has 0 aromatic rings. The first-order valence-corrected chi connectivity index (χ1v) is 7.34. The molecule has 1 aliphatic carbocycles. The summed E-state index contributed by atoms with van der Waals surface area (Å²) in [5.74, 6) is 0. The third-order valence-corrected chi connectivity index (χ3v) is 3.70. The predicted octanol–water partition coefficient (Wildman–Crippen LogP) is 2.91. The summed E-state index contributed by atoms with van der Waals surface area (Å²) in [4.78, 5) is 0. The summed E-state index contributed by atoms with van der Waals surface area (Å²) in [6, 6.07) is 0. The van der Waals surface area contributed by atoms with Gasteiger partial charge in [-0.2, -0.15) is 0 Å². The second-order valence-corrected chi connectivity index (χ2v) is 5.46. The van der Waals surface area contributed by atoms with Crippen molar-refractivity contribution in [3.63, 3.8) is 0 Å². The van der Waals surface area contributed by atoms with E-state index in [9.17, 15) is 10.2 Å². The molecule has 1 atom stereocenters. The Morgan fingerprint density at radius 2 is 1.65 bits per heavy atom. The van der Waals surface area contributed by atoms with E-state index in [4.69, 9.17) is 0 Å². The van der Waals surface area contributed by atoms with Gasteiger partial charge in [0.2, 0.25) is 0 Å². The minimum atomic E-state index is -0.790. The van der Waals surface area contributed by atoms with E-state index in [-0.39, 0.29) is 0 Å². The number of nitrogens with one attached hydrogen (secondary N) is 1. The molecule has 3 heteroatoms. The fourth-order valence-corrected chi connectivity index (χ4v) is 2.60. The molecule has 3 nitrogen and oxygen atoms in total. The predicted molar refractivity (Wildman–Crippen MR) is 70.6 cm³/mol. The Balaban J connectivity index is 1.99. The highest BCUT2D eigenvalue weighted by Crippen LogP contribution is 2.27. The average Bonchev–Trinajstić information content (AvgIpc) is 2.70. The zero-order valence-electron chi connectivity index (χ0n) is 11.2. The molecule has 0 aromatic heterocycles. The van der Waals surface area contributed by atoms with Crippen molar-refractivity contribution in [2.75, 3.05) is 0 Å². The van der Waals surface area contributed by atoms with Crippen molar-refractivity contribution in [1.82, 2.24) is 5.32 Å². The summed E-state index contributed by atoms with van der Waals surface area (Å²) < 4.78 is 0.